The van der Waals surface area contributed by atoms with Crippen LogP contribution >= 0.6 is 11.3 Å². The van der Waals surface area contributed by atoms with Gasteiger partial charge in [-0.15, -0.1) is 11.3 Å². The second kappa shape index (κ2) is 12.9. The van der Waals surface area contributed by atoms with Gasteiger partial charge in [-0.05, 0) is 62.9 Å². The van der Waals surface area contributed by atoms with Crippen LogP contribution in [-0.4, -0.2) is 73.0 Å². The van der Waals surface area contributed by atoms with Gasteiger partial charge in [-0.3, -0.25) is 14.4 Å². The maximum absolute atomic E-state index is 13.4. The molecule has 1 aliphatic heterocycles. The quantitative estimate of drug-likeness (QED) is 0.442. The molecule has 3 rings (SSSR count). The molecule has 0 aliphatic carbocycles. The smallest absolute Gasteiger partial charge is 0.257 e. The lowest BCUT2D eigenvalue weighted by Crippen LogP contribution is -2.35. The molecule has 208 valence electrons. The van der Waals surface area contributed by atoms with Gasteiger partial charge in [0.2, 0.25) is 15.9 Å². The molecular formula is C27H38N4O5S2. The Bertz CT molecular complexity index is 1260. The second-order valence-electron chi connectivity index (χ2n) is 9.26. The molecular weight excluding hydrogens is 524 g/mol. The van der Waals surface area contributed by atoms with E-state index in [1.54, 1.807) is 9.80 Å². The molecule has 0 saturated carbocycles. The molecule has 0 radical (unpaired) electrons. The van der Waals surface area contributed by atoms with Crippen LogP contribution < -0.4 is 5.32 Å². The zero-order chi connectivity index (χ0) is 28.0. The standard InChI is InChI=1S/C27H38N4O5S2/c1-6-15-31(16-7-2)38(35,36)21-12-10-20(11-13-21)25(33)28-26-24(27(34)29(8-3)9-4)22-14-17-30(19(5)32)18-23(22)37-26/h10-13H,6-9,14-18H2,1-5H3,(H,28,33). The van der Waals surface area contributed by atoms with Crippen LogP contribution in [0.3, 0.4) is 0 Å². The first-order chi connectivity index (χ1) is 18.1. The molecule has 0 saturated heterocycles. The number of anilines is 1. The van der Waals surface area contributed by atoms with Gasteiger partial charge in [0.05, 0.1) is 17.0 Å². The van der Waals surface area contributed by atoms with E-state index >= 15 is 0 Å². The fourth-order valence-electron chi connectivity index (χ4n) is 4.61. The van der Waals surface area contributed by atoms with Crippen molar-refractivity contribution in [3.63, 3.8) is 0 Å². The normalized spacial score (nSPS) is 13.4. The molecule has 1 aromatic heterocycles. The molecule has 0 spiro atoms. The van der Waals surface area contributed by atoms with E-state index in [2.05, 4.69) is 5.32 Å². The Kier molecular flexibility index (Phi) is 10.1. The zero-order valence-electron chi connectivity index (χ0n) is 22.9. The summed E-state index contributed by atoms with van der Waals surface area (Å²) < 4.78 is 27.6. The number of fused-ring (bicyclic) bond motifs is 1. The summed E-state index contributed by atoms with van der Waals surface area (Å²) in [5.41, 5.74) is 1.66. The number of hydrogen-bond acceptors (Lipinski definition) is 6. The third-order valence-corrected chi connectivity index (χ3v) is 9.74. The average molecular weight is 563 g/mol. The van der Waals surface area contributed by atoms with E-state index < -0.39 is 15.9 Å². The van der Waals surface area contributed by atoms with Crippen molar-refractivity contribution in [2.24, 2.45) is 0 Å². The van der Waals surface area contributed by atoms with Gasteiger partial charge < -0.3 is 15.1 Å². The summed E-state index contributed by atoms with van der Waals surface area (Å²) in [6.45, 7) is 12.1. The lowest BCUT2D eigenvalue weighted by atomic mass is 10.0. The summed E-state index contributed by atoms with van der Waals surface area (Å²) in [5, 5.41) is 3.36. The van der Waals surface area contributed by atoms with Crippen molar-refractivity contribution >= 4 is 44.1 Å². The Balaban J connectivity index is 1.91. The number of nitrogens with one attached hydrogen (secondary N) is 1. The highest BCUT2D eigenvalue weighted by molar-refractivity contribution is 7.89. The molecule has 3 amide bonds. The SMILES string of the molecule is CCCN(CCC)S(=O)(=O)c1ccc(C(=O)Nc2sc3c(c2C(=O)N(CC)CC)CCN(C(C)=O)C3)cc1. The number of sulfonamides is 1. The van der Waals surface area contributed by atoms with Crippen molar-refractivity contribution in [1.82, 2.24) is 14.1 Å². The van der Waals surface area contributed by atoms with Crippen molar-refractivity contribution in [3.8, 4) is 0 Å². The average Bonchev–Trinajstić information content (AvgIpc) is 3.26. The first-order valence-corrected chi connectivity index (χ1v) is 15.4. The molecule has 2 aromatic rings. The van der Waals surface area contributed by atoms with Gasteiger partial charge in [0.15, 0.2) is 0 Å². The highest BCUT2D eigenvalue weighted by Crippen LogP contribution is 2.38. The summed E-state index contributed by atoms with van der Waals surface area (Å²) in [5.74, 6) is -0.603. The van der Waals surface area contributed by atoms with Crippen molar-refractivity contribution < 1.29 is 22.8 Å². The molecule has 2 heterocycles. The van der Waals surface area contributed by atoms with E-state index in [4.69, 9.17) is 0 Å². The molecule has 0 atom stereocenters. The van der Waals surface area contributed by atoms with E-state index in [9.17, 15) is 22.8 Å². The maximum Gasteiger partial charge on any atom is 0.257 e. The van der Waals surface area contributed by atoms with Crippen LogP contribution in [0.2, 0.25) is 0 Å². The van der Waals surface area contributed by atoms with E-state index in [-0.39, 0.29) is 16.7 Å². The predicted octanol–water partition coefficient (Wildman–Crippen LogP) is 4.20. The zero-order valence-corrected chi connectivity index (χ0v) is 24.5. The van der Waals surface area contributed by atoms with E-state index in [1.807, 2.05) is 27.7 Å². The van der Waals surface area contributed by atoms with Gasteiger partial charge in [0.1, 0.15) is 5.00 Å². The molecule has 0 bridgehead atoms. The number of carbonyl (C=O) groups is 3. The Morgan fingerprint density at radius 2 is 1.61 bits per heavy atom. The van der Waals surface area contributed by atoms with Crippen molar-refractivity contribution in [1.29, 1.82) is 0 Å². The molecule has 0 fully saturated rings. The number of thiophene rings is 1. The minimum Gasteiger partial charge on any atom is -0.339 e. The summed E-state index contributed by atoms with van der Waals surface area (Å²) in [6.07, 6.45) is 1.97. The topological polar surface area (TPSA) is 107 Å². The predicted molar refractivity (Wildman–Crippen MR) is 150 cm³/mol. The van der Waals surface area contributed by atoms with Crippen molar-refractivity contribution in [2.75, 3.05) is 38.0 Å². The maximum atomic E-state index is 13.4. The molecule has 0 unspecified atom stereocenters. The van der Waals surface area contributed by atoms with Gasteiger partial charge in [-0.2, -0.15) is 4.31 Å². The van der Waals surface area contributed by atoms with Gasteiger partial charge in [0.25, 0.3) is 11.8 Å². The monoisotopic (exact) mass is 562 g/mol. The molecule has 1 aromatic carbocycles. The number of rotatable bonds is 11. The number of hydrogen-bond donors (Lipinski definition) is 1. The summed E-state index contributed by atoms with van der Waals surface area (Å²) in [4.78, 5) is 43.1. The highest BCUT2D eigenvalue weighted by atomic mass is 32.2. The van der Waals surface area contributed by atoms with Crippen molar-refractivity contribution in [3.05, 3.63) is 45.8 Å². The Hall–Kier alpha value is -2.76. The first-order valence-electron chi connectivity index (χ1n) is 13.2. The third kappa shape index (κ3) is 6.27. The van der Waals surface area contributed by atoms with E-state index in [1.165, 1.54) is 46.8 Å². The number of nitrogens with zero attached hydrogens (tertiary/aromatic N) is 3. The Morgan fingerprint density at radius 3 is 2.13 bits per heavy atom. The van der Waals surface area contributed by atoms with Crippen LogP contribution in [0.1, 0.15) is 78.6 Å². The van der Waals surface area contributed by atoms with Gasteiger partial charge >= 0.3 is 0 Å². The van der Waals surface area contributed by atoms with Crippen LogP contribution in [0, 0.1) is 0 Å². The molecule has 11 heteroatoms. The van der Waals surface area contributed by atoms with Crippen LogP contribution in [0.4, 0.5) is 5.00 Å². The second-order valence-corrected chi connectivity index (χ2v) is 12.3. The lowest BCUT2D eigenvalue weighted by Gasteiger charge is -2.27. The largest absolute Gasteiger partial charge is 0.339 e. The van der Waals surface area contributed by atoms with E-state index in [0.29, 0.717) is 74.7 Å². The van der Waals surface area contributed by atoms with Crippen LogP contribution in [0.5, 0.6) is 0 Å². The van der Waals surface area contributed by atoms with Crippen LogP contribution in [0.25, 0.3) is 0 Å². The minimum absolute atomic E-state index is 0.0299. The van der Waals surface area contributed by atoms with E-state index in [0.717, 1.165) is 10.4 Å². The Morgan fingerprint density at radius 1 is 1.00 bits per heavy atom. The summed E-state index contributed by atoms with van der Waals surface area (Å²) >= 11 is 1.32. The minimum atomic E-state index is -3.65. The fourth-order valence-corrected chi connectivity index (χ4v) is 7.48. The van der Waals surface area contributed by atoms with Gasteiger partial charge in [-0.1, -0.05) is 13.8 Å². The van der Waals surface area contributed by atoms with Gasteiger partial charge in [0, 0.05) is 50.1 Å². The number of carbonyl (C=O) groups excluding carboxylic acids is 3. The highest BCUT2D eigenvalue weighted by Gasteiger charge is 2.31. The fraction of sp³-hybridized carbons (Fsp3) is 0.519. The number of benzene rings is 1. The lowest BCUT2D eigenvalue weighted by molar-refractivity contribution is -0.129. The molecule has 38 heavy (non-hydrogen) atoms. The molecule has 1 aliphatic rings. The first kappa shape index (κ1) is 29.8. The summed E-state index contributed by atoms with van der Waals surface area (Å²) in [7, 11) is -3.65. The summed E-state index contributed by atoms with van der Waals surface area (Å²) in [6, 6.07) is 5.90. The Labute approximate surface area is 229 Å². The molecule has 9 nitrogen and oxygen atoms in total. The van der Waals surface area contributed by atoms with Crippen LogP contribution in [-0.2, 0) is 27.8 Å². The third-order valence-electron chi connectivity index (χ3n) is 6.69. The molecule has 1 N–H and O–H groups in total. The van der Waals surface area contributed by atoms with Gasteiger partial charge in [-0.25, -0.2) is 8.42 Å². The number of amides is 3. The van der Waals surface area contributed by atoms with Crippen LogP contribution in [0.15, 0.2) is 29.2 Å². The van der Waals surface area contributed by atoms with Crippen molar-refractivity contribution in [2.45, 2.75) is 65.3 Å².